The average Bonchev–Trinajstić information content (AvgIpc) is 3.13. The lowest BCUT2D eigenvalue weighted by Crippen LogP contribution is -2.09. The van der Waals surface area contributed by atoms with Crippen LogP contribution >= 0.6 is 0 Å². The molecular formula is C19H18N2O3. The first kappa shape index (κ1) is 15.8. The van der Waals surface area contributed by atoms with E-state index in [0.717, 1.165) is 16.7 Å². The molecule has 0 spiro atoms. The molecule has 24 heavy (non-hydrogen) atoms. The largest absolute Gasteiger partial charge is 0.508 e. The van der Waals surface area contributed by atoms with Crippen LogP contribution in [0.5, 0.6) is 0 Å². The van der Waals surface area contributed by atoms with E-state index in [4.69, 9.17) is 9.47 Å². The number of rotatable bonds is 6. The first-order valence-corrected chi connectivity index (χ1v) is 7.67. The van der Waals surface area contributed by atoms with E-state index in [2.05, 4.69) is 4.98 Å². The fourth-order valence-electron chi connectivity index (χ4n) is 2.32. The highest BCUT2D eigenvalue weighted by Gasteiger charge is 2.08. The van der Waals surface area contributed by atoms with Gasteiger partial charge in [-0.15, -0.1) is 0 Å². The molecule has 0 aliphatic heterocycles. The molecule has 1 aromatic heterocycles. The van der Waals surface area contributed by atoms with Gasteiger partial charge in [-0.25, -0.2) is 9.78 Å². The summed E-state index contributed by atoms with van der Waals surface area (Å²) < 4.78 is 12.3. The Morgan fingerprint density at radius 1 is 0.917 bits per heavy atom. The van der Waals surface area contributed by atoms with E-state index in [1.54, 1.807) is 12.5 Å². The number of benzene rings is 2. The van der Waals surface area contributed by atoms with E-state index in [0.29, 0.717) is 6.54 Å². The predicted octanol–water partition coefficient (Wildman–Crippen LogP) is 3.78. The monoisotopic (exact) mass is 322 g/mol. The molecule has 0 aliphatic rings. The number of carbonyl (C=O) groups is 1. The van der Waals surface area contributed by atoms with Crippen LogP contribution in [0.2, 0.25) is 0 Å². The Balaban J connectivity index is 1.53. The second kappa shape index (κ2) is 7.97. The number of hydrogen-bond acceptors (Lipinski definition) is 4. The van der Waals surface area contributed by atoms with E-state index in [9.17, 15) is 4.79 Å². The third-order valence-electron chi connectivity index (χ3n) is 3.58. The van der Waals surface area contributed by atoms with Gasteiger partial charge in [0.25, 0.3) is 0 Å². The Labute approximate surface area is 140 Å². The van der Waals surface area contributed by atoms with Crippen LogP contribution in [0.3, 0.4) is 0 Å². The van der Waals surface area contributed by atoms with Crippen molar-refractivity contribution < 1.29 is 14.3 Å². The molecule has 0 saturated carbocycles. The third kappa shape index (κ3) is 4.46. The van der Waals surface area contributed by atoms with Crippen LogP contribution in [0.4, 0.5) is 4.79 Å². The summed E-state index contributed by atoms with van der Waals surface area (Å²) in [5.74, 6) is 0. The summed E-state index contributed by atoms with van der Waals surface area (Å²) in [7, 11) is 0. The zero-order valence-corrected chi connectivity index (χ0v) is 13.2. The maximum absolute atomic E-state index is 11.8. The average molecular weight is 322 g/mol. The van der Waals surface area contributed by atoms with Crippen LogP contribution in [-0.2, 0) is 29.2 Å². The van der Waals surface area contributed by atoms with E-state index < -0.39 is 6.16 Å². The SMILES string of the molecule is O=C(OCc1ccccc1)OCc1ccccc1Cn1ccnc1. The lowest BCUT2D eigenvalue weighted by atomic mass is 10.1. The van der Waals surface area contributed by atoms with Crippen LogP contribution in [0.25, 0.3) is 0 Å². The lowest BCUT2D eigenvalue weighted by molar-refractivity contribution is 0.0445. The molecule has 0 bridgehead atoms. The number of aromatic nitrogens is 2. The number of carbonyl (C=O) groups excluding carboxylic acids is 1. The maximum Gasteiger partial charge on any atom is 0.508 e. The van der Waals surface area contributed by atoms with Crippen molar-refractivity contribution in [2.24, 2.45) is 0 Å². The molecule has 0 N–H and O–H groups in total. The highest BCUT2D eigenvalue weighted by atomic mass is 16.7. The van der Waals surface area contributed by atoms with Crippen molar-refractivity contribution in [1.29, 1.82) is 0 Å². The Hall–Kier alpha value is -3.08. The topological polar surface area (TPSA) is 53.4 Å². The summed E-state index contributed by atoms with van der Waals surface area (Å²) in [5.41, 5.74) is 2.95. The summed E-state index contributed by atoms with van der Waals surface area (Å²) in [4.78, 5) is 15.8. The fourth-order valence-corrected chi connectivity index (χ4v) is 2.32. The summed E-state index contributed by atoms with van der Waals surface area (Å²) in [6.45, 7) is 1.06. The van der Waals surface area contributed by atoms with E-state index >= 15 is 0 Å². The number of imidazole rings is 1. The molecule has 0 unspecified atom stereocenters. The van der Waals surface area contributed by atoms with Crippen LogP contribution in [0.1, 0.15) is 16.7 Å². The van der Waals surface area contributed by atoms with Crippen molar-refractivity contribution in [3.8, 4) is 0 Å². The van der Waals surface area contributed by atoms with Crippen molar-refractivity contribution in [2.45, 2.75) is 19.8 Å². The van der Waals surface area contributed by atoms with Gasteiger partial charge < -0.3 is 14.0 Å². The molecule has 3 aromatic rings. The van der Waals surface area contributed by atoms with Gasteiger partial charge in [-0.05, 0) is 16.7 Å². The molecule has 0 saturated heterocycles. The molecule has 0 fully saturated rings. The van der Waals surface area contributed by atoms with Crippen LogP contribution < -0.4 is 0 Å². The Morgan fingerprint density at radius 2 is 1.62 bits per heavy atom. The van der Waals surface area contributed by atoms with Gasteiger partial charge in [0.2, 0.25) is 0 Å². The second-order valence-electron chi connectivity index (χ2n) is 5.32. The quantitative estimate of drug-likeness (QED) is 0.648. The third-order valence-corrected chi connectivity index (χ3v) is 3.58. The molecule has 122 valence electrons. The predicted molar refractivity (Wildman–Crippen MR) is 89.2 cm³/mol. The van der Waals surface area contributed by atoms with Gasteiger partial charge in [0.1, 0.15) is 13.2 Å². The molecule has 3 rings (SSSR count). The maximum atomic E-state index is 11.8. The van der Waals surface area contributed by atoms with E-state index in [1.165, 1.54) is 0 Å². The molecule has 0 aliphatic carbocycles. The van der Waals surface area contributed by atoms with Crippen molar-refractivity contribution in [3.63, 3.8) is 0 Å². The molecule has 5 heteroatoms. The van der Waals surface area contributed by atoms with Gasteiger partial charge in [0, 0.05) is 18.9 Å². The highest BCUT2D eigenvalue weighted by Crippen LogP contribution is 2.13. The Morgan fingerprint density at radius 3 is 2.38 bits per heavy atom. The minimum Gasteiger partial charge on any atom is -0.429 e. The Kier molecular flexibility index (Phi) is 5.24. The number of hydrogen-bond donors (Lipinski definition) is 0. The molecule has 5 nitrogen and oxygen atoms in total. The number of nitrogens with zero attached hydrogens (tertiary/aromatic N) is 2. The van der Waals surface area contributed by atoms with Gasteiger partial charge in [0.05, 0.1) is 6.33 Å². The molecular weight excluding hydrogens is 304 g/mol. The standard InChI is InChI=1S/C19H18N2O3/c22-19(23-13-16-6-2-1-3-7-16)24-14-18-9-5-4-8-17(18)12-21-11-10-20-15-21/h1-11,15H,12-14H2. The van der Waals surface area contributed by atoms with E-state index in [1.807, 2.05) is 65.4 Å². The minimum atomic E-state index is -0.670. The van der Waals surface area contributed by atoms with Gasteiger partial charge in [-0.1, -0.05) is 54.6 Å². The van der Waals surface area contributed by atoms with Crippen molar-refractivity contribution in [2.75, 3.05) is 0 Å². The zero-order valence-electron chi connectivity index (χ0n) is 13.2. The van der Waals surface area contributed by atoms with Gasteiger partial charge in [-0.3, -0.25) is 0 Å². The Bertz CT molecular complexity index is 770. The summed E-state index contributed by atoms with van der Waals surface area (Å²) in [5, 5.41) is 0. The minimum absolute atomic E-state index is 0.179. The smallest absolute Gasteiger partial charge is 0.429 e. The molecule has 0 amide bonds. The van der Waals surface area contributed by atoms with Crippen LogP contribution in [0.15, 0.2) is 73.3 Å². The number of ether oxygens (including phenoxy) is 2. The van der Waals surface area contributed by atoms with Crippen LogP contribution in [0, 0.1) is 0 Å². The normalized spacial score (nSPS) is 10.3. The van der Waals surface area contributed by atoms with Crippen molar-refractivity contribution in [1.82, 2.24) is 9.55 Å². The van der Waals surface area contributed by atoms with Gasteiger partial charge >= 0.3 is 6.16 Å². The van der Waals surface area contributed by atoms with Crippen molar-refractivity contribution in [3.05, 3.63) is 90.0 Å². The van der Waals surface area contributed by atoms with Gasteiger partial charge in [-0.2, -0.15) is 0 Å². The van der Waals surface area contributed by atoms with Crippen molar-refractivity contribution >= 4 is 6.16 Å². The highest BCUT2D eigenvalue weighted by molar-refractivity contribution is 5.60. The molecule has 0 atom stereocenters. The molecule has 0 radical (unpaired) electrons. The summed E-state index contributed by atoms with van der Waals surface area (Å²) in [6.07, 6.45) is 4.72. The zero-order chi connectivity index (χ0) is 16.6. The summed E-state index contributed by atoms with van der Waals surface area (Å²) in [6, 6.07) is 17.3. The second-order valence-corrected chi connectivity index (χ2v) is 5.32. The molecule has 2 aromatic carbocycles. The summed E-state index contributed by atoms with van der Waals surface area (Å²) >= 11 is 0. The van der Waals surface area contributed by atoms with E-state index in [-0.39, 0.29) is 13.2 Å². The van der Waals surface area contributed by atoms with Gasteiger partial charge in [0.15, 0.2) is 0 Å². The first-order chi connectivity index (χ1) is 11.8. The lowest BCUT2D eigenvalue weighted by Gasteiger charge is -2.11. The van der Waals surface area contributed by atoms with Crippen LogP contribution in [-0.4, -0.2) is 15.7 Å². The molecule has 1 heterocycles. The fraction of sp³-hybridized carbons (Fsp3) is 0.158. The first-order valence-electron chi connectivity index (χ1n) is 7.67.